The molecule has 0 aromatic carbocycles. The van der Waals surface area contributed by atoms with Crippen molar-refractivity contribution in [1.29, 1.82) is 0 Å². The zero-order chi connectivity index (χ0) is 8.15. The molecule has 0 aliphatic rings. The third-order valence-corrected chi connectivity index (χ3v) is 0.970. The van der Waals surface area contributed by atoms with Gasteiger partial charge in [-0.15, -0.1) is 0 Å². The molecule has 54 valence electrons. The Morgan fingerprint density at radius 2 is 2.00 bits per heavy atom. The molecule has 0 aliphatic heterocycles. The minimum absolute atomic E-state index is 0.241. The van der Waals surface area contributed by atoms with Gasteiger partial charge in [0.05, 0.1) is 0 Å². The SMILES string of the molecule is C=CC(=O)C(=CC)C(=O)O. The molecule has 0 heterocycles. The molecule has 1 N–H and O–H groups in total. The van der Waals surface area contributed by atoms with Gasteiger partial charge in [-0.05, 0) is 13.0 Å². The van der Waals surface area contributed by atoms with E-state index < -0.39 is 11.8 Å². The fourth-order valence-electron chi connectivity index (χ4n) is 0.481. The number of ketones is 1. The van der Waals surface area contributed by atoms with E-state index in [-0.39, 0.29) is 5.57 Å². The molecule has 0 spiro atoms. The van der Waals surface area contributed by atoms with E-state index in [1.807, 2.05) is 0 Å². The van der Waals surface area contributed by atoms with Crippen molar-refractivity contribution in [1.82, 2.24) is 0 Å². The summed E-state index contributed by atoms with van der Waals surface area (Å²) in [7, 11) is 0. The Morgan fingerprint density at radius 1 is 1.50 bits per heavy atom. The summed E-state index contributed by atoms with van der Waals surface area (Å²) >= 11 is 0. The molecule has 10 heavy (non-hydrogen) atoms. The quantitative estimate of drug-likeness (QED) is 0.358. The van der Waals surface area contributed by atoms with Gasteiger partial charge in [0.15, 0.2) is 5.78 Å². The fraction of sp³-hybridized carbons (Fsp3) is 0.143. The van der Waals surface area contributed by atoms with Crippen molar-refractivity contribution >= 4 is 11.8 Å². The highest BCUT2D eigenvalue weighted by atomic mass is 16.4. The maximum Gasteiger partial charge on any atom is 0.339 e. The summed E-state index contributed by atoms with van der Waals surface area (Å²) in [5.74, 6) is -1.78. The van der Waals surface area contributed by atoms with Gasteiger partial charge >= 0.3 is 5.97 Å². The first-order chi connectivity index (χ1) is 4.63. The van der Waals surface area contributed by atoms with Crippen molar-refractivity contribution in [2.24, 2.45) is 0 Å². The Balaban J connectivity index is 4.54. The number of hydrogen-bond donors (Lipinski definition) is 1. The first kappa shape index (κ1) is 8.62. The molecular formula is C7H8O3. The summed E-state index contributed by atoms with van der Waals surface area (Å²) in [6.07, 6.45) is 2.22. The lowest BCUT2D eigenvalue weighted by molar-refractivity contribution is -0.134. The second-order valence-corrected chi connectivity index (χ2v) is 1.58. The molecule has 0 amide bonds. The van der Waals surface area contributed by atoms with Gasteiger partial charge in [0.1, 0.15) is 5.57 Å². The minimum atomic E-state index is -1.22. The Kier molecular flexibility index (Phi) is 3.11. The van der Waals surface area contributed by atoms with Crippen LogP contribution in [0.15, 0.2) is 24.3 Å². The number of hydrogen-bond acceptors (Lipinski definition) is 2. The van der Waals surface area contributed by atoms with E-state index in [1.165, 1.54) is 13.0 Å². The predicted octanol–water partition coefficient (Wildman–Crippen LogP) is 0.772. The van der Waals surface area contributed by atoms with Gasteiger partial charge in [-0.25, -0.2) is 4.79 Å². The van der Waals surface area contributed by atoms with Gasteiger partial charge < -0.3 is 5.11 Å². The number of carbonyl (C=O) groups is 2. The van der Waals surface area contributed by atoms with E-state index in [1.54, 1.807) is 0 Å². The summed E-state index contributed by atoms with van der Waals surface area (Å²) < 4.78 is 0. The van der Waals surface area contributed by atoms with E-state index in [0.717, 1.165) is 6.08 Å². The Hall–Kier alpha value is -1.38. The summed E-state index contributed by atoms with van der Waals surface area (Å²) in [4.78, 5) is 20.8. The molecular weight excluding hydrogens is 132 g/mol. The number of carboxylic acid groups (broad SMARTS) is 1. The lowest BCUT2D eigenvalue weighted by Gasteiger charge is -1.92. The molecule has 3 nitrogen and oxygen atoms in total. The molecule has 0 fully saturated rings. The zero-order valence-electron chi connectivity index (χ0n) is 5.63. The first-order valence-electron chi connectivity index (χ1n) is 2.69. The molecule has 0 unspecified atom stereocenters. The Bertz CT molecular complexity index is 201. The number of allylic oxidation sites excluding steroid dienone is 2. The predicted molar refractivity (Wildman–Crippen MR) is 36.6 cm³/mol. The minimum Gasteiger partial charge on any atom is -0.478 e. The van der Waals surface area contributed by atoms with E-state index in [9.17, 15) is 9.59 Å². The normalized spacial score (nSPS) is 10.7. The van der Waals surface area contributed by atoms with Crippen LogP contribution in [0.1, 0.15) is 6.92 Å². The smallest absolute Gasteiger partial charge is 0.339 e. The van der Waals surface area contributed by atoms with Gasteiger partial charge in [-0.2, -0.15) is 0 Å². The highest BCUT2D eigenvalue weighted by Crippen LogP contribution is 1.96. The molecule has 0 bridgehead atoms. The van der Waals surface area contributed by atoms with Crippen LogP contribution in [-0.2, 0) is 9.59 Å². The van der Waals surface area contributed by atoms with Crippen LogP contribution in [0.2, 0.25) is 0 Å². The van der Waals surface area contributed by atoms with E-state index in [4.69, 9.17) is 5.11 Å². The second kappa shape index (κ2) is 3.61. The fourth-order valence-corrected chi connectivity index (χ4v) is 0.481. The average molecular weight is 140 g/mol. The van der Waals surface area contributed by atoms with Crippen LogP contribution in [0.25, 0.3) is 0 Å². The van der Waals surface area contributed by atoms with Gasteiger partial charge in [-0.3, -0.25) is 4.79 Å². The lowest BCUT2D eigenvalue weighted by atomic mass is 10.1. The van der Waals surface area contributed by atoms with Crippen molar-refractivity contribution in [3.8, 4) is 0 Å². The first-order valence-corrected chi connectivity index (χ1v) is 2.69. The number of carbonyl (C=O) groups excluding carboxylic acids is 1. The molecule has 3 heteroatoms. The molecule has 0 saturated heterocycles. The van der Waals surface area contributed by atoms with Gasteiger partial charge in [-0.1, -0.05) is 12.7 Å². The van der Waals surface area contributed by atoms with E-state index in [0.29, 0.717) is 0 Å². The van der Waals surface area contributed by atoms with Crippen molar-refractivity contribution in [3.63, 3.8) is 0 Å². The largest absolute Gasteiger partial charge is 0.478 e. The Labute approximate surface area is 58.7 Å². The molecule has 0 saturated carbocycles. The third-order valence-electron chi connectivity index (χ3n) is 0.970. The highest BCUT2D eigenvalue weighted by molar-refractivity contribution is 6.20. The lowest BCUT2D eigenvalue weighted by Crippen LogP contribution is -2.08. The van der Waals surface area contributed by atoms with E-state index in [2.05, 4.69) is 6.58 Å². The van der Waals surface area contributed by atoms with Crippen LogP contribution in [-0.4, -0.2) is 16.9 Å². The van der Waals surface area contributed by atoms with Crippen molar-refractivity contribution in [2.45, 2.75) is 6.92 Å². The van der Waals surface area contributed by atoms with Gasteiger partial charge in [0.25, 0.3) is 0 Å². The van der Waals surface area contributed by atoms with Crippen LogP contribution < -0.4 is 0 Å². The second-order valence-electron chi connectivity index (χ2n) is 1.58. The van der Waals surface area contributed by atoms with Gasteiger partial charge in [0.2, 0.25) is 0 Å². The topological polar surface area (TPSA) is 54.4 Å². The monoisotopic (exact) mass is 140 g/mol. The molecule has 0 aliphatic carbocycles. The number of carboxylic acids is 1. The standard InChI is InChI=1S/C7H8O3/c1-3-5(7(9)10)6(8)4-2/h3-4H,2H2,1H3,(H,9,10). The van der Waals surface area contributed by atoms with Crippen molar-refractivity contribution in [3.05, 3.63) is 24.3 Å². The number of aliphatic carboxylic acids is 1. The molecule has 0 aromatic rings. The van der Waals surface area contributed by atoms with Crippen molar-refractivity contribution in [2.75, 3.05) is 0 Å². The average Bonchev–Trinajstić information content (AvgIpc) is 1.88. The summed E-state index contributed by atoms with van der Waals surface area (Å²) in [5.41, 5.74) is -0.241. The molecule has 0 radical (unpaired) electrons. The number of rotatable bonds is 3. The Morgan fingerprint density at radius 3 is 2.10 bits per heavy atom. The zero-order valence-corrected chi connectivity index (χ0v) is 5.63. The summed E-state index contributed by atoms with van der Waals surface area (Å²) in [6, 6.07) is 0. The third kappa shape index (κ3) is 1.85. The maximum atomic E-state index is 10.6. The van der Waals surface area contributed by atoms with Crippen LogP contribution in [0, 0.1) is 0 Å². The highest BCUT2D eigenvalue weighted by Gasteiger charge is 2.11. The summed E-state index contributed by atoms with van der Waals surface area (Å²) in [5, 5.41) is 8.34. The van der Waals surface area contributed by atoms with Crippen molar-refractivity contribution < 1.29 is 14.7 Å². The van der Waals surface area contributed by atoms with Crippen LogP contribution in [0.4, 0.5) is 0 Å². The van der Waals surface area contributed by atoms with Crippen LogP contribution in [0.3, 0.4) is 0 Å². The maximum absolute atomic E-state index is 10.6. The molecule has 0 rings (SSSR count). The van der Waals surface area contributed by atoms with Gasteiger partial charge in [0, 0.05) is 0 Å². The van der Waals surface area contributed by atoms with Crippen LogP contribution >= 0.6 is 0 Å². The van der Waals surface area contributed by atoms with Crippen LogP contribution in [0.5, 0.6) is 0 Å². The summed E-state index contributed by atoms with van der Waals surface area (Å²) in [6.45, 7) is 4.65. The van der Waals surface area contributed by atoms with E-state index >= 15 is 0 Å². The molecule has 0 atom stereocenters. The molecule has 0 aromatic heterocycles.